The maximum atomic E-state index is 13.3. The zero-order chi connectivity index (χ0) is 30.5. The molecule has 0 fully saturated rings. The minimum absolute atomic E-state index is 0.00984. The van der Waals surface area contributed by atoms with Gasteiger partial charge in [-0.25, -0.2) is 8.42 Å². The molecule has 0 bridgehead atoms. The largest absolute Gasteiger partial charge is 0.573 e. The van der Waals surface area contributed by atoms with E-state index in [9.17, 15) is 26.4 Å². The molecule has 3 aromatic rings. The van der Waals surface area contributed by atoms with Gasteiger partial charge in [0.05, 0.1) is 16.6 Å². The van der Waals surface area contributed by atoms with Crippen molar-refractivity contribution in [2.24, 2.45) is 0 Å². The van der Waals surface area contributed by atoms with Crippen LogP contribution >= 0.6 is 23.1 Å². The zero-order valence-electron chi connectivity index (χ0n) is 22.9. The smallest absolute Gasteiger partial charge is 0.406 e. The predicted molar refractivity (Wildman–Crippen MR) is 156 cm³/mol. The average molecular weight is 646 g/mol. The summed E-state index contributed by atoms with van der Waals surface area (Å²) in [6, 6.07) is 14.0. The average Bonchev–Trinajstić information content (AvgIpc) is 3.64. The first-order chi connectivity index (χ1) is 19.9. The van der Waals surface area contributed by atoms with Crippen LogP contribution < -0.4 is 19.7 Å². The first-order valence-electron chi connectivity index (χ1n) is 12.6. The fraction of sp³-hybridized carbons (Fsp3) is 0.370. The number of fused-ring (bicyclic) bond motifs is 1. The van der Waals surface area contributed by atoms with E-state index < -0.39 is 40.4 Å². The Hall–Kier alpha value is -2.98. The zero-order valence-corrected chi connectivity index (χ0v) is 25.3. The van der Waals surface area contributed by atoms with Gasteiger partial charge in [0.25, 0.3) is 10.0 Å². The van der Waals surface area contributed by atoms with Gasteiger partial charge in [0.1, 0.15) is 16.0 Å². The van der Waals surface area contributed by atoms with E-state index in [1.54, 1.807) is 11.4 Å². The van der Waals surface area contributed by atoms with E-state index in [0.717, 1.165) is 33.3 Å². The van der Waals surface area contributed by atoms with E-state index >= 15 is 0 Å². The van der Waals surface area contributed by atoms with Crippen LogP contribution in [-0.2, 0) is 36.5 Å². The third-order valence-corrected chi connectivity index (χ3v) is 10.9. The normalized spacial score (nSPS) is 15.6. The number of thiophene rings is 1. The monoisotopic (exact) mass is 645 g/mol. The quantitative estimate of drug-likeness (QED) is 0.255. The van der Waals surface area contributed by atoms with Crippen molar-refractivity contribution in [3.8, 4) is 5.75 Å². The number of ether oxygens (including phenoxy) is 3. The number of amides is 1. The second-order valence-corrected chi connectivity index (χ2v) is 13.6. The summed E-state index contributed by atoms with van der Waals surface area (Å²) in [6.07, 6.45) is -5.60. The summed E-state index contributed by atoms with van der Waals surface area (Å²) >= 11 is 2.51. The number of hydrogen-bond donors (Lipinski definition) is 2. The highest BCUT2D eigenvalue weighted by Crippen LogP contribution is 2.42. The summed E-state index contributed by atoms with van der Waals surface area (Å²) in [7, 11) is 0.155. The summed E-state index contributed by atoms with van der Waals surface area (Å²) in [4.78, 5) is 13.3. The molecule has 1 aliphatic rings. The Bertz CT molecular complexity index is 1450. The Morgan fingerprint density at radius 1 is 1.17 bits per heavy atom. The van der Waals surface area contributed by atoms with Crippen LogP contribution in [0, 0.1) is 0 Å². The molecular formula is C27H30F3N3O6S3. The molecule has 2 unspecified atom stereocenters. The standard InChI is InChI=1S/C27H30F3N3O6S3/c1-33(42(35,36)23-10-7-11-40-23)21-14-19(39-27(28,29)30)12-18-13-20(32-24(18)21)25(34)31-15-22(26(37-2)38-3)41-16-17-8-5-4-6-9-17/h4-12,14,20,22,26,32H,13,15-16H2,1-3H3,(H,31,34). The second-order valence-electron chi connectivity index (χ2n) is 9.25. The van der Waals surface area contributed by atoms with Gasteiger partial charge in [-0.2, -0.15) is 0 Å². The summed E-state index contributed by atoms with van der Waals surface area (Å²) in [5.74, 6) is -0.364. The number of methoxy groups -OCH3 is 2. The lowest BCUT2D eigenvalue weighted by Gasteiger charge is -2.25. The lowest BCUT2D eigenvalue weighted by molar-refractivity contribution is -0.274. The van der Waals surface area contributed by atoms with Gasteiger partial charge in [0, 0.05) is 46.1 Å². The molecule has 15 heteroatoms. The molecule has 4 rings (SSSR count). The number of benzene rings is 2. The fourth-order valence-corrected chi connectivity index (χ4v) is 7.98. The number of thioether (sulfide) groups is 1. The van der Waals surface area contributed by atoms with Crippen LogP contribution in [-0.4, -0.2) is 66.1 Å². The summed E-state index contributed by atoms with van der Waals surface area (Å²) in [5.41, 5.74) is 1.55. The van der Waals surface area contributed by atoms with Gasteiger partial charge in [0.2, 0.25) is 5.91 Å². The van der Waals surface area contributed by atoms with E-state index in [1.807, 2.05) is 30.3 Å². The maximum absolute atomic E-state index is 13.3. The Labute approximate surface area is 250 Å². The molecule has 2 heterocycles. The molecule has 0 saturated heterocycles. The van der Waals surface area contributed by atoms with Crippen molar-refractivity contribution in [2.45, 2.75) is 40.3 Å². The Balaban J connectivity index is 1.53. The third-order valence-electron chi connectivity index (χ3n) is 6.47. The molecule has 228 valence electrons. The van der Waals surface area contributed by atoms with Crippen LogP contribution in [0.4, 0.5) is 24.5 Å². The van der Waals surface area contributed by atoms with Gasteiger partial charge in [0.15, 0.2) is 6.29 Å². The molecular weight excluding hydrogens is 616 g/mol. The number of nitrogens with zero attached hydrogens (tertiary/aromatic N) is 1. The van der Waals surface area contributed by atoms with Crippen LogP contribution in [0.3, 0.4) is 0 Å². The van der Waals surface area contributed by atoms with E-state index in [0.29, 0.717) is 11.3 Å². The molecule has 0 radical (unpaired) electrons. The number of nitrogens with one attached hydrogen (secondary N) is 2. The van der Waals surface area contributed by atoms with Crippen LogP contribution in [0.5, 0.6) is 5.75 Å². The minimum Gasteiger partial charge on any atom is -0.406 e. The summed E-state index contributed by atoms with van der Waals surface area (Å²) < 4.78 is 81.6. The summed E-state index contributed by atoms with van der Waals surface area (Å²) in [5, 5.41) is 7.18. The van der Waals surface area contributed by atoms with Gasteiger partial charge in [-0.3, -0.25) is 9.10 Å². The minimum atomic E-state index is -4.99. The molecule has 9 nitrogen and oxygen atoms in total. The number of carbonyl (C=O) groups excluding carboxylic acids is 1. The highest BCUT2D eigenvalue weighted by Gasteiger charge is 2.36. The Kier molecular flexibility index (Phi) is 10.3. The van der Waals surface area contributed by atoms with E-state index in [4.69, 9.17) is 9.47 Å². The molecule has 1 amide bonds. The first kappa shape index (κ1) is 31.9. The van der Waals surface area contributed by atoms with Gasteiger partial charge in [-0.05, 0) is 28.6 Å². The molecule has 2 N–H and O–H groups in total. The molecule has 0 saturated carbocycles. The van der Waals surface area contributed by atoms with Gasteiger partial charge in [-0.1, -0.05) is 36.4 Å². The number of rotatable bonds is 13. The van der Waals surface area contributed by atoms with Crippen molar-refractivity contribution < 1.29 is 40.6 Å². The van der Waals surface area contributed by atoms with Crippen molar-refractivity contribution in [1.82, 2.24) is 5.32 Å². The van der Waals surface area contributed by atoms with Gasteiger partial charge >= 0.3 is 6.36 Å². The highest BCUT2D eigenvalue weighted by molar-refractivity contribution is 7.99. The highest BCUT2D eigenvalue weighted by atomic mass is 32.2. The number of sulfonamides is 1. The van der Waals surface area contributed by atoms with E-state index in [1.165, 1.54) is 39.1 Å². The maximum Gasteiger partial charge on any atom is 0.573 e. The van der Waals surface area contributed by atoms with Crippen LogP contribution in [0.15, 0.2) is 64.2 Å². The second kappa shape index (κ2) is 13.5. The van der Waals surface area contributed by atoms with E-state index in [2.05, 4.69) is 15.4 Å². The number of anilines is 2. The lowest BCUT2D eigenvalue weighted by atomic mass is 10.1. The van der Waals surface area contributed by atoms with Crippen LogP contribution in [0.25, 0.3) is 0 Å². The number of halogens is 3. The van der Waals surface area contributed by atoms with Crippen molar-refractivity contribution in [2.75, 3.05) is 37.4 Å². The van der Waals surface area contributed by atoms with Crippen LogP contribution in [0.1, 0.15) is 11.1 Å². The van der Waals surface area contributed by atoms with Crippen molar-refractivity contribution in [3.05, 3.63) is 71.1 Å². The first-order valence-corrected chi connectivity index (χ1v) is 16.0. The molecule has 0 spiro atoms. The molecule has 2 aromatic carbocycles. The van der Waals surface area contributed by atoms with Crippen molar-refractivity contribution >= 4 is 50.4 Å². The topological polar surface area (TPSA) is 106 Å². The number of alkyl halides is 3. The Morgan fingerprint density at radius 3 is 2.50 bits per heavy atom. The van der Waals surface area contributed by atoms with Gasteiger partial charge in [-0.15, -0.1) is 36.3 Å². The molecule has 0 aliphatic carbocycles. The summed E-state index contributed by atoms with van der Waals surface area (Å²) in [6.45, 7) is 0.180. The van der Waals surface area contributed by atoms with Crippen LogP contribution in [0.2, 0.25) is 0 Å². The molecule has 1 aromatic heterocycles. The number of hydrogen-bond acceptors (Lipinski definition) is 9. The van der Waals surface area contributed by atoms with E-state index in [-0.39, 0.29) is 33.8 Å². The van der Waals surface area contributed by atoms with Crippen molar-refractivity contribution in [3.63, 3.8) is 0 Å². The number of carbonyl (C=O) groups is 1. The molecule has 1 aliphatic heterocycles. The fourth-order valence-electron chi connectivity index (χ4n) is 4.44. The molecule has 2 atom stereocenters. The molecule has 42 heavy (non-hydrogen) atoms. The lowest BCUT2D eigenvalue weighted by Crippen LogP contribution is -2.44. The SMILES string of the molecule is COC(OC)C(CNC(=O)C1Cc2cc(OC(F)(F)F)cc(N(C)S(=O)(=O)c3cccs3)c2N1)SCc1ccccc1. The van der Waals surface area contributed by atoms with Crippen molar-refractivity contribution in [1.29, 1.82) is 0 Å². The third kappa shape index (κ3) is 7.69. The van der Waals surface area contributed by atoms with Gasteiger partial charge < -0.3 is 24.8 Å². The predicted octanol–water partition coefficient (Wildman–Crippen LogP) is 4.85. The Morgan fingerprint density at radius 2 is 1.88 bits per heavy atom.